The molecule has 0 saturated heterocycles. The van der Waals surface area contributed by atoms with Gasteiger partial charge in [-0.25, -0.2) is 5.01 Å². The van der Waals surface area contributed by atoms with Crippen molar-refractivity contribution in [1.29, 1.82) is 0 Å². The summed E-state index contributed by atoms with van der Waals surface area (Å²) in [6, 6.07) is 17.9. The molecule has 3 rings (SSSR count). The number of hydrazine groups is 1. The van der Waals surface area contributed by atoms with E-state index in [9.17, 15) is 0 Å². The first-order chi connectivity index (χ1) is 9.81. The summed E-state index contributed by atoms with van der Waals surface area (Å²) in [5.74, 6) is 7.64. The van der Waals surface area contributed by atoms with Crippen LogP contribution >= 0.6 is 0 Å². The van der Waals surface area contributed by atoms with Gasteiger partial charge in [0.15, 0.2) is 11.5 Å². The zero-order chi connectivity index (χ0) is 13.8. The number of hydrogen-bond donors (Lipinski definition) is 1. The van der Waals surface area contributed by atoms with Crippen molar-refractivity contribution in [3.8, 4) is 11.5 Å². The van der Waals surface area contributed by atoms with E-state index < -0.39 is 0 Å². The van der Waals surface area contributed by atoms with Crippen LogP contribution < -0.4 is 15.3 Å². The molecule has 1 atom stereocenters. The number of benzene rings is 2. The summed E-state index contributed by atoms with van der Waals surface area (Å²) in [6.45, 7) is 1.85. The molecule has 0 radical (unpaired) electrons. The van der Waals surface area contributed by atoms with Crippen LogP contribution in [0, 0.1) is 0 Å². The van der Waals surface area contributed by atoms with E-state index in [1.54, 1.807) is 5.01 Å². The number of ether oxygens (including phenoxy) is 2. The highest BCUT2D eigenvalue weighted by atomic mass is 16.6. The quantitative estimate of drug-likeness (QED) is 0.683. The van der Waals surface area contributed by atoms with Crippen molar-refractivity contribution in [3.63, 3.8) is 0 Å². The first-order valence-corrected chi connectivity index (χ1v) is 6.73. The Morgan fingerprint density at radius 1 is 1.00 bits per heavy atom. The van der Waals surface area contributed by atoms with E-state index in [0.717, 1.165) is 11.5 Å². The lowest BCUT2D eigenvalue weighted by atomic mass is 10.2. The number of para-hydroxylation sites is 2. The van der Waals surface area contributed by atoms with Gasteiger partial charge in [-0.2, -0.15) is 0 Å². The molecule has 0 bridgehead atoms. The lowest BCUT2D eigenvalue weighted by Gasteiger charge is -2.29. The molecular weight excluding hydrogens is 252 g/mol. The van der Waals surface area contributed by atoms with Gasteiger partial charge in [0.25, 0.3) is 0 Å². The number of nitrogens with two attached hydrogens (primary N) is 1. The van der Waals surface area contributed by atoms with Crippen LogP contribution in [0.15, 0.2) is 54.6 Å². The average molecular weight is 270 g/mol. The maximum absolute atomic E-state index is 6.05. The van der Waals surface area contributed by atoms with Crippen LogP contribution in [0.5, 0.6) is 11.5 Å². The van der Waals surface area contributed by atoms with Crippen molar-refractivity contribution in [3.05, 3.63) is 60.2 Å². The second kappa shape index (κ2) is 5.94. The van der Waals surface area contributed by atoms with Gasteiger partial charge < -0.3 is 9.47 Å². The van der Waals surface area contributed by atoms with Crippen molar-refractivity contribution < 1.29 is 9.47 Å². The van der Waals surface area contributed by atoms with Crippen LogP contribution in [0.2, 0.25) is 0 Å². The molecular formula is C16H18N2O2. The van der Waals surface area contributed by atoms with Gasteiger partial charge in [0, 0.05) is 6.54 Å². The Kier molecular flexibility index (Phi) is 3.85. The van der Waals surface area contributed by atoms with E-state index in [0.29, 0.717) is 19.7 Å². The lowest BCUT2D eigenvalue weighted by molar-refractivity contribution is 0.0564. The normalized spacial score (nSPS) is 17.2. The molecule has 0 amide bonds. The summed E-state index contributed by atoms with van der Waals surface area (Å²) < 4.78 is 11.6. The molecule has 0 unspecified atom stereocenters. The second-order valence-corrected chi connectivity index (χ2v) is 4.91. The fraction of sp³-hybridized carbons (Fsp3) is 0.250. The van der Waals surface area contributed by atoms with E-state index in [-0.39, 0.29) is 6.10 Å². The Morgan fingerprint density at radius 2 is 1.70 bits per heavy atom. The number of rotatable bonds is 4. The standard InChI is InChI=1S/C16H18N2O2/c17-18(10-13-6-2-1-3-7-13)11-14-12-19-15-8-4-5-9-16(15)20-14/h1-9,14H,10-12,17H2/t14-/m1/s1. The Bertz CT molecular complexity index is 559. The topological polar surface area (TPSA) is 47.7 Å². The van der Waals surface area contributed by atoms with Gasteiger partial charge in [0.1, 0.15) is 12.7 Å². The zero-order valence-corrected chi connectivity index (χ0v) is 11.2. The van der Waals surface area contributed by atoms with Crippen molar-refractivity contribution in [2.75, 3.05) is 13.2 Å². The summed E-state index contributed by atoms with van der Waals surface area (Å²) in [5, 5.41) is 1.76. The SMILES string of the molecule is NN(Cc1ccccc1)C[C@@H]1COc2ccccc2O1. The molecule has 1 aliphatic heterocycles. The molecule has 1 aliphatic rings. The zero-order valence-electron chi connectivity index (χ0n) is 11.2. The van der Waals surface area contributed by atoms with Gasteiger partial charge in [-0.05, 0) is 17.7 Å². The summed E-state index contributed by atoms with van der Waals surface area (Å²) in [4.78, 5) is 0. The molecule has 0 spiro atoms. The van der Waals surface area contributed by atoms with Crippen LogP contribution in [-0.4, -0.2) is 24.3 Å². The third-order valence-corrected chi connectivity index (χ3v) is 3.23. The van der Waals surface area contributed by atoms with E-state index in [1.807, 2.05) is 42.5 Å². The number of hydrogen-bond acceptors (Lipinski definition) is 4. The van der Waals surface area contributed by atoms with Gasteiger partial charge in [0.05, 0.1) is 6.54 Å². The van der Waals surface area contributed by atoms with Crippen molar-refractivity contribution in [2.24, 2.45) is 5.84 Å². The van der Waals surface area contributed by atoms with Crippen LogP contribution in [0.25, 0.3) is 0 Å². The first kappa shape index (κ1) is 13.0. The number of nitrogens with zero attached hydrogens (tertiary/aromatic N) is 1. The molecule has 2 aromatic rings. The van der Waals surface area contributed by atoms with E-state index in [2.05, 4.69) is 12.1 Å². The van der Waals surface area contributed by atoms with Crippen LogP contribution in [0.4, 0.5) is 0 Å². The maximum Gasteiger partial charge on any atom is 0.161 e. The minimum atomic E-state index is -0.0430. The molecule has 2 aromatic carbocycles. The molecule has 0 saturated carbocycles. The predicted molar refractivity (Wildman–Crippen MR) is 77.4 cm³/mol. The fourth-order valence-corrected chi connectivity index (χ4v) is 2.30. The molecule has 20 heavy (non-hydrogen) atoms. The summed E-state index contributed by atoms with van der Waals surface area (Å²) in [5.41, 5.74) is 1.19. The van der Waals surface area contributed by atoms with Gasteiger partial charge in [-0.1, -0.05) is 42.5 Å². The molecule has 4 heteroatoms. The van der Waals surface area contributed by atoms with E-state index in [4.69, 9.17) is 15.3 Å². The molecule has 0 fully saturated rings. The number of fused-ring (bicyclic) bond motifs is 1. The third-order valence-electron chi connectivity index (χ3n) is 3.23. The fourth-order valence-electron chi connectivity index (χ4n) is 2.30. The highest BCUT2D eigenvalue weighted by molar-refractivity contribution is 5.40. The molecule has 0 aromatic heterocycles. The highest BCUT2D eigenvalue weighted by Gasteiger charge is 2.22. The highest BCUT2D eigenvalue weighted by Crippen LogP contribution is 2.30. The summed E-state index contributed by atoms with van der Waals surface area (Å²) >= 11 is 0. The minimum Gasteiger partial charge on any atom is -0.486 e. The Hall–Kier alpha value is -2.04. The van der Waals surface area contributed by atoms with E-state index in [1.165, 1.54) is 5.56 Å². The molecule has 1 heterocycles. The minimum absolute atomic E-state index is 0.0430. The van der Waals surface area contributed by atoms with Crippen molar-refractivity contribution in [1.82, 2.24) is 5.01 Å². The molecule has 4 nitrogen and oxygen atoms in total. The lowest BCUT2D eigenvalue weighted by Crippen LogP contribution is -2.43. The van der Waals surface area contributed by atoms with Gasteiger partial charge in [-0.15, -0.1) is 0 Å². The van der Waals surface area contributed by atoms with Crippen molar-refractivity contribution in [2.45, 2.75) is 12.6 Å². The van der Waals surface area contributed by atoms with Gasteiger partial charge in [-0.3, -0.25) is 5.84 Å². The molecule has 2 N–H and O–H groups in total. The smallest absolute Gasteiger partial charge is 0.161 e. The van der Waals surface area contributed by atoms with Crippen molar-refractivity contribution >= 4 is 0 Å². The Labute approximate surface area is 118 Å². The Balaban J connectivity index is 1.57. The maximum atomic E-state index is 6.05. The Morgan fingerprint density at radius 3 is 2.50 bits per heavy atom. The van der Waals surface area contributed by atoms with Crippen LogP contribution in [0.3, 0.4) is 0 Å². The van der Waals surface area contributed by atoms with E-state index >= 15 is 0 Å². The van der Waals surface area contributed by atoms with Crippen LogP contribution in [0.1, 0.15) is 5.56 Å². The summed E-state index contributed by atoms with van der Waals surface area (Å²) in [7, 11) is 0. The predicted octanol–water partition coefficient (Wildman–Crippen LogP) is 2.20. The summed E-state index contributed by atoms with van der Waals surface area (Å²) in [6.07, 6.45) is -0.0430. The molecule has 0 aliphatic carbocycles. The largest absolute Gasteiger partial charge is 0.486 e. The van der Waals surface area contributed by atoms with Gasteiger partial charge in [0.2, 0.25) is 0 Å². The second-order valence-electron chi connectivity index (χ2n) is 4.91. The molecule has 104 valence electrons. The third kappa shape index (κ3) is 3.10. The van der Waals surface area contributed by atoms with Gasteiger partial charge >= 0.3 is 0 Å². The van der Waals surface area contributed by atoms with Crippen LogP contribution in [-0.2, 0) is 6.54 Å². The monoisotopic (exact) mass is 270 g/mol. The average Bonchev–Trinajstić information content (AvgIpc) is 2.48. The first-order valence-electron chi connectivity index (χ1n) is 6.73.